The second-order valence-corrected chi connectivity index (χ2v) is 6.43. The third-order valence-corrected chi connectivity index (χ3v) is 4.76. The van der Waals surface area contributed by atoms with Crippen LogP contribution in [0, 0.1) is 0 Å². The van der Waals surface area contributed by atoms with Crippen molar-refractivity contribution in [3.8, 4) is 0 Å². The first-order valence-corrected chi connectivity index (χ1v) is 8.78. The topological polar surface area (TPSA) is 38.7 Å². The Morgan fingerprint density at radius 3 is 2.15 bits per heavy atom. The van der Waals surface area contributed by atoms with Crippen molar-refractivity contribution < 1.29 is 9.53 Å². The fourth-order valence-corrected chi connectivity index (χ4v) is 3.46. The molecule has 0 unspecified atom stereocenters. The van der Waals surface area contributed by atoms with Crippen LogP contribution in [0.25, 0.3) is 27.6 Å². The highest BCUT2D eigenvalue weighted by atomic mass is 16.6. The third-order valence-electron chi connectivity index (χ3n) is 4.76. The van der Waals surface area contributed by atoms with E-state index >= 15 is 0 Å². The molecule has 1 aliphatic heterocycles. The van der Waals surface area contributed by atoms with Gasteiger partial charge in [0.25, 0.3) is 0 Å². The lowest BCUT2D eigenvalue weighted by atomic mass is 10.0. The number of aliphatic imine (C=N–C) groups is 1. The Kier molecular flexibility index (Phi) is 3.58. The van der Waals surface area contributed by atoms with Gasteiger partial charge in [0.2, 0.25) is 5.90 Å². The summed E-state index contributed by atoms with van der Waals surface area (Å²) < 4.78 is 5.50. The zero-order chi connectivity index (χ0) is 18.2. The van der Waals surface area contributed by atoms with E-state index in [1.165, 1.54) is 0 Å². The Balaban J connectivity index is 1.63. The average Bonchev–Trinajstić information content (AvgIpc) is 3.08. The highest BCUT2D eigenvalue weighted by molar-refractivity contribution is 6.17. The molecular formula is C24H15NO2. The summed E-state index contributed by atoms with van der Waals surface area (Å²) in [6.45, 7) is 0. The molecule has 0 spiro atoms. The smallest absolute Gasteiger partial charge is 0.363 e. The van der Waals surface area contributed by atoms with Gasteiger partial charge >= 0.3 is 5.97 Å². The van der Waals surface area contributed by atoms with Gasteiger partial charge in [0.05, 0.1) is 0 Å². The molecule has 0 amide bonds. The normalized spacial score (nSPS) is 15.3. The average molecular weight is 349 g/mol. The van der Waals surface area contributed by atoms with Crippen molar-refractivity contribution in [2.45, 2.75) is 0 Å². The molecule has 0 bridgehead atoms. The summed E-state index contributed by atoms with van der Waals surface area (Å²) in [5, 5.41) is 4.30. The molecule has 4 aromatic rings. The molecular weight excluding hydrogens is 334 g/mol. The second kappa shape index (κ2) is 6.22. The SMILES string of the molecule is O=C1OC(c2cccc3ccccc23)=NC1=Cc1cccc2ccccc12. The molecule has 5 rings (SSSR count). The summed E-state index contributed by atoms with van der Waals surface area (Å²) in [7, 11) is 0. The molecule has 1 aliphatic rings. The molecule has 0 atom stereocenters. The van der Waals surface area contributed by atoms with E-state index in [4.69, 9.17) is 4.74 Å². The van der Waals surface area contributed by atoms with Gasteiger partial charge in [-0.1, -0.05) is 78.9 Å². The van der Waals surface area contributed by atoms with Crippen molar-refractivity contribution in [3.05, 3.63) is 102 Å². The maximum Gasteiger partial charge on any atom is 0.363 e. The fourth-order valence-electron chi connectivity index (χ4n) is 3.46. The molecule has 1 heterocycles. The molecule has 0 saturated heterocycles. The molecule has 3 nitrogen and oxygen atoms in total. The second-order valence-electron chi connectivity index (χ2n) is 6.43. The number of hydrogen-bond donors (Lipinski definition) is 0. The number of cyclic esters (lactones) is 1. The highest BCUT2D eigenvalue weighted by Gasteiger charge is 2.25. The predicted octanol–water partition coefficient (Wildman–Crippen LogP) is 5.34. The summed E-state index contributed by atoms with van der Waals surface area (Å²) in [5.74, 6) is -0.0749. The van der Waals surface area contributed by atoms with E-state index in [2.05, 4.69) is 17.1 Å². The van der Waals surface area contributed by atoms with Crippen LogP contribution < -0.4 is 0 Å². The van der Waals surface area contributed by atoms with Crippen LogP contribution in [0.15, 0.2) is 95.6 Å². The van der Waals surface area contributed by atoms with Crippen LogP contribution in [-0.4, -0.2) is 11.9 Å². The number of ether oxygens (including phenoxy) is 1. The van der Waals surface area contributed by atoms with Crippen molar-refractivity contribution in [2.75, 3.05) is 0 Å². The predicted molar refractivity (Wildman–Crippen MR) is 109 cm³/mol. The van der Waals surface area contributed by atoms with Crippen molar-refractivity contribution in [3.63, 3.8) is 0 Å². The van der Waals surface area contributed by atoms with E-state index in [1.54, 1.807) is 6.08 Å². The lowest BCUT2D eigenvalue weighted by molar-refractivity contribution is -0.129. The number of fused-ring (bicyclic) bond motifs is 2. The van der Waals surface area contributed by atoms with Crippen molar-refractivity contribution >= 4 is 39.5 Å². The Labute approximate surface area is 156 Å². The number of hydrogen-bond acceptors (Lipinski definition) is 3. The first kappa shape index (κ1) is 15.5. The largest absolute Gasteiger partial charge is 0.402 e. The summed E-state index contributed by atoms with van der Waals surface area (Å²) in [6.07, 6.45) is 1.79. The summed E-state index contributed by atoms with van der Waals surface area (Å²) in [4.78, 5) is 16.9. The molecule has 0 saturated carbocycles. The molecule has 0 N–H and O–H groups in total. The lowest BCUT2D eigenvalue weighted by Gasteiger charge is -2.04. The molecule has 128 valence electrons. The van der Waals surface area contributed by atoms with Crippen LogP contribution in [0.4, 0.5) is 0 Å². The van der Waals surface area contributed by atoms with Gasteiger partial charge in [0, 0.05) is 5.56 Å². The minimum absolute atomic E-state index is 0.314. The Morgan fingerprint density at radius 1 is 0.704 bits per heavy atom. The molecule has 27 heavy (non-hydrogen) atoms. The van der Waals surface area contributed by atoms with Crippen LogP contribution in [0.3, 0.4) is 0 Å². The van der Waals surface area contributed by atoms with Gasteiger partial charge in [-0.15, -0.1) is 0 Å². The summed E-state index contributed by atoms with van der Waals surface area (Å²) >= 11 is 0. The maximum absolute atomic E-state index is 12.4. The minimum atomic E-state index is -0.425. The zero-order valence-corrected chi connectivity index (χ0v) is 14.4. The van der Waals surface area contributed by atoms with E-state index in [0.717, 1.165) is 32.7 Å². The van der Waals surface area contributed by atoms with Crippen LogP contribution in [0.1, 0.15) is 11.1 Å². The zero-order valence-electron chi connectivity index (χ0n) is 14.4. The first-order valence-electron chi connectivity index (χ1n) is 8.78. The number of nitrogens with zero attached hydrogens (tertiary/aromatic N) is 1. The number of benzene rings is 4. The van der Waals surface area contributed by atoms with Crippen LogP contribution in [-0.2, 0) is 9.53 Å². The monoisotopic (exact) mass is 349 g/mol. The Bertz CT molecular complexity index is 1260. The number of carbonyl (C=O) groups is 1. The van der Waals surface area contributed by atoms with Crippen molar-refractivity contribution in [1.29, 1.82) is 0 Å². The molecule has 0 aromatic heterocycles. The number of rotatable bonds is 2. The number of carbonyl (C=O) groups excluding carboxylic acids is 1. The van der Waals surface area contributed by atoms with Gasteiger partial charge in [0.15, 0.2) is 5.70 Å². The Hall–Kier alpha value is -3.72. The number of esters is 1. The van der Waals surface area contributed by atoms with Gasteiger partial charge in [-0.05, 0) is 39.3 Å². The maximum atomic E-state index is 12.4. The van der Waals surface area contributed by atoms with Crippen molar-refractivity contribution in [2.24, 2.45) is 4.99 Å². The van der Waals surface area contributed by atoms with Gasteiger partial charge in [0.1, 0.15) is 0 Å². The summed E-state index contributed by atoms with van der Waals surface area (Å²) in [6, 6.07) is 28.0. The first-order chi connectivity index (χ1) is 13.3. The minimum Gasteiger partial charge on any atom is -0.402 e. The van der Waals surface area contributed by atoms with Crippen LogP contribution in [0.5, 0.6) is 0 Å². The van der Waals surface area contributed by atoms with Crippen LogP contribution >= 0.6 is 0 Å². The van der Waals surface area contributed by atoms with Gasteiger partial charge in [-0.25, -0.2) is 9.79 Å². The van der Waals surface area contributed by atoms with E-state index < -0.39 is 5.97 Å². The molecule has 3 heteroatoms. The van der Waals surface area contributed by atoms with Gasteiger partial charge in [-0.3, -0.25) is 0 Å². The van der Waals surface area contributed by atoms with E-state index in [1.807, 2.05) is 72.8 Å². The molecule has 0 fully saturated rings. The lowest BCUT2D eigenvalue weighted by Crippen LogP contribution is -2.05. The standard InChI is InChI=1S/C24H15NO2/c26-24-22(15-18-11-5-9-16-7-1-3-12-19(16)18)25-23(27-24)21-14-6-10-17-8-2-4-13-20(17)21/h1-15H. The van der Waals surface area contributed by atoms with Crippen LogP contribution in [0.2, 0.25) is 0 Å². The third kappa shape index (κ3) is 2.70. The van der Waals surface area contributed by atoms with Gasteiger partial charge < -0.3 is 4.74 Å². The molecule has 0 radical (unpaired) electrons. The highest BCUT2D eigenvalue weighted by Crippen LogP contribution is 2.26. The van der Waals surface area contributed by atoms with E-state index in [9.17, 15) is 4.79 Å². The van der Waals surface area contributed by atoms with E-state index in [-0.39, 0.29) is 0 Å². The quantitative estimate of drug-likeness (QED) is 0.362. The molecule has 4 aromatic carbocycles. The van der Waals surface area contributed by atoms with Crippen molar-refractivity contribution in [1.82, 2.24) is 0 Å². The Morgan fingerprint density at radius 2 is 1.33 bits per heavy atom. The van der Waals surface area contributed by atoms with Gasteiger partial charge in [-0.2, -0.15) is 0 Å². The molecule has 0 aliphatic carbocycles. The fraction of sp³-hybridized carbons (Fsp3) is 0. The summed E-state index contributed by atoms with van der Waals surface area (Å²) in [5.41, 5.74) is 2.08. The van der Waals surface area contributed by atoms with E-state index in [0.29, 0.717) is 11.6 Å².